The van der Waals surface area contributed by atoms with E-state index >= 15 is 0 Å². The monoisotopic (exact) mass is 395 g/mol. The van der Waals surface area contributed by atoms with Crippen LogP contribution in [0.15, 0.2) is 54.6 Å². The Balaban J connectivity index is 1.41. The predicted molar refractivity (Wildman–Crippen MR) is 114 cm³/mol. The maximum atomic E-state index is 14.4. The summed E-state index contributed by atoms with van der Waals surface area (Å²) in [6, 6.07) is 17.2. The van der Waals surface area contributed by atoms with Crippen LogP contribution in [-0.2, 0) is 11.3 Å². The molecular weight excluding hydrogens is 365 g/mol. The molecule has 2 aromatic rings. The van der Waals surface area contributed by atoms with Gasteiger partial charge in [0.1, 0.15) is 5.82 Å². The van der Waals surface area contributed by atoms with Gasteiger partial charge in [-0.05, 0) is 30.5 Å². The van der Waals surface area contributed by atoms with Gasteiger partial charge >= 0.3 is 0 Å². The molecule has 1 saturated heterocycles. The van der Waals surface area contributed by atoms with Crippen LogP contribution >= 0.6 is 0 Å². The first-order chi connectivity index (χ1) is 14.1. The molecule has 1 saturated carbocycles. The van der Waals surface area contributed by atoms with Crippen LogP contribution in [-0.4, -0.2) is 54.0 Å². The number of benzene rings is 2. The van der Waals surface area contributed by atoms with Crippen LogP contribution in [0, 0.1) is 5.82 Å². The molecule has 4 rings (SSSR count). The van der Waals surface area contributed by atoms with E-state index < -0.39 is 0 Å². The third-order valence-electron chi connectivity index (χ3n) is 6.32. The molecule has 1 heterocycles. The Morgan fingerprint density at radius 2 is 1.66 bits per heavy atom. The fourth-order valence-electron chi connectivity index (χ4n) is 4.40. The second-order valence-electron chi connectivity index (χ2n) is 8.26. The summed E-state index contributed by atoms with van der Waals surface area (Å²) in [6.45, 7) is 7.46. The Morgan fingerprint density at radius 1 is 1.00 bits per heavy atom. The number of hydrogen-bond donors (Lipinski definition) is 0. The number of para-hydroxylation sites is 1. The molecule has 0 bridgehead atoms. The van der Waals surface area contributed by atoms with Crippen molar-refractivity contribution >= 4 is 11.6 Å². The summed E-state index contributed by atoms with van der Waals surface area (Å²) in [6.07, 6.45) is 2.54. The van der Waals surface area contributed by atoms with Crippen molar-refractivity contribution in [3.63, 3.8) is 0 Å². The number of rotatable bonds is 7. The molecule has 1 aliphatic carbocycles. The molecule has 2 aromatic carbocycles. The van der Waals surface area contributed by atoms with Crippen LogP contribution in [0.3, 0.4) is 0 Å². The van der Waals surface area contributed by atoms with Crippen molar-refractivity contribution in [2.24, 2.45) is 0 Å². The highest BCUT2D eigenvalue weighted by molar-refractivity contribution is 5.93. The third-order valence-corrected chi connectivity index (χ3v) is 6.32. The molecule has 5 heteroatoms. The molecule has 2 fully saturated rings. The molecule has 1 aliphatic heterocycles. The van der Waals surface area contributed by atoms with Crippen LogP contribution in [0.2, 0.25) is 0 Å². The van der Waals surface area contributed by atoms with Crippen molar-refractivity contribution in [1.29, 1.82) is 0 Å². The van der Waals surface area contributed by atoms with Gasteiger partial charge in [0.05, 0.1) is 5.69 Å². The summed E-state index contributed by atoms with van der Waals surface area (Å²) in [4.78, 5) is 19.3. The highest BCUT2D eigenvalue weighted by Gasteiger charge is 2.50. The molecule has 0 unspecified atom stereocenters. The number of hydrogen-bond acceptors (Lipinski definition) is 3. The first-order valence-electron chi connectivity index (χ1n) is 10.7. The number of anilines is 1. The zero-order valence-electron chi connectivity index (χ0n) is 17.2. The molecular formula is C24H30FN3O. The summed E-state index contributed by atoms with van der Waals surface area (Å²) in [5, 5.41) is 0. The zero-order chi connectivity index (χ0) is 20.3. The first kappa shape index (κ1) is 20.0. The van der Waals surface area contributed by atoms with Crippen LogP contribution in [0.25, 0.3) is 0 Å². The van der Waals surface area contributed by atoms with E-state index in [1.165, 1.54) is 11.6 Å². The van der Waals surface area contributed by atoms with Crippen LogP contribution in [0.5, 0.6) is 0 Å². The molecule has 4 nitrogen and oxygen atoms in total. The van der Waals surface area contributed by atoms with E-state index in [9.17, 15) is 9.18 Å². The Bertz CT molecular complexity index is 829. The second kappa shape index (κ2) is 8.64. The summed E-state index contributed by atoms with van der Waals surface area (Å²) >= 11 is 0. The van der Waals surface area contributed by atoms with E-state index in [0.717, 1.165) is 45.6 Å². The molecule has 0 radical (unpaired) electrons. The fourth-order valence-corrected chi connectivity index (χ4v) is 4.40. The Hall–Kier alpha value is -2.24. The van der Waals surface area contributed by atoms with Gasteiger partial charge in [0.2, 0.25) is 5.91 Å². The largest absolute Gasteiger partial charge is 0.308 e. The minimum absolute atomic E-state index is 0.00590. The SMILES string of the molecule is CCC(=O)N(CC1(N2CCN(Cc3ccccc3)CC2)CC1)c1ccccc1F. The van der Waals surface area contributed by atoms with Crippen LogP contribution in [0.1, 0.15) is 31.7 Å². The molecule has 0 atom stereocenters. The second-order valence-corrected chi connectivity index (χ2v) is 8.26. The average Bonchev–Trinajstić information content (AvgIpc) is 3.54. The Labute approximate surface area is 172 Å². The number of amides is 1. The number of halogens is 1. The van der Waals surface area contributed by atoms with E-state index in [4.69, 9.17) is 0 Å². The van der Waals surface area contributed by atoms with Gasteiger partial charge < -0.3 is 4.90 Å². The Morgan fingerprint density at radius 3 is 2.28 bits per heavy atom. The van der Waals surface area contributed by atoms with Crippen molar-refractivity contribution in [3.05, 3.63) is 66.0 Å². The third kappa shape index (κ3) is 4.51. The molecule has 29 heavy (non-hydrogen) atoms. The van der Waals surface area contributed by atoms with Gasteiger partial charge in [0.25, 0.3) is 0 Å². The van der Waals surface area contributed by atoms with Crippen LogP contribution < -0.4 is 4.90 Å². The smallest absolute Gasteiger partial charge is 0.226 e. The average molecular weight is 396 g/mol. The summed E-state index contributed by atoms with van der Waals surface area (Å²) in [7, 11) is 0. The van der Waals surface area contributed by atoms with Crippen molar-refractivity contribution in [2.75, 3.05) is 37.6 Å². The van der Waals surface area contributed by atoms with Crippen molar-refractivity contribution in [3.8, 4) is 0 Å². The predicted octanol–water partition coefficient (Wildman–Crippen LogP) is 3.92. The standard InChI is InChI=1S/C24H30FN3O/c1-2-23(29)28(22-11-7-6-10-21(22)25)19-24(12-13-24)27-16-14-26(15-17-27)18-20-8-4-3-5-9-20/h3-11H,2,12-19H2,1H3. The quantitative estimate of drug-likeness (QED) is 0.711. The topological polar surface area (TPSA) is 26.8 Å². The number of carbonyl (C=O) groups is 1. The lowest BCUT2D eigenvalue weighted by molar-refractivity contribution is -0.118. The first-order valence-corrected chi connectivity index (χ1v) is 10.7. The van der Waals surface area contributed by atoms with E-state index in [1.54, 1.807) is 23.1 Å². The van der Waals surface area contributed by atoms with Gasteiger partial charge in [0, 0.05) is 51.2 Å². The van der Waals surface area contributed by atoms with Crippen molar-refractivity contribution in [1.82, 2.24) is 9.80 Å². The van der Waals surface area contributed by atoms with Gasteiger partial charge in [-0.25, -0.2) is 4.39 Å². The summed E-state index contributed by atoms with van der Waals surface area (Å²) < 4.78 is 14.4. The van der Waals surface area contributed by atoms with Gasteiger partial charge in [0.15, 0.2) is 0 Å². The number of piperazine rings is 1. The lowest BCUT2D eigenvalue weighted by Crippen LogP contribution is -2.55. The lowest BCUT2D eigenvalue weighted by Gasteiger charge is -2.41. The molecule has 154 valence electrons. The number of nitrogens with zero attached hydrogens (tertiary/aromatic N) is 3. The number of carbonyl (C=O) groups excluding carboxylic acids is 1. The Kier molecular flexibility index (Phi) is 5.97. The van der Waals surface area contributed by atoms with Gasteiger partial charge in [-0.15, -0.1) is 0 Å². The van der Waals surface area contributed by atoms with Gasteiger partial charge in [-0.3, -0.25) is 14.6 Å². The van der Waals surface area contributed by atoms with E-state index in [1.807, 2.05) is 6.92 Å². The minimum Gasteiger partial charge on any atom is -0.308 e. The van der Waals surface area contributed by atoms with Crippen molar-refractivity contribution in [2.45, 2.75) is 38.3 Å². The molecule has 2 aliphatic rings. The van der Waals surface area contributed by atoms with Crippen molar-refractivity contribution < 1.29 is 9.18 Å². The molecule has 0 aromatic heterocycles. The molecule has 1 amide bonds. The van der Waals surface area contributed by atoms with E-state index in [-0.39, 0.29) is 17.3 Å². The van der Waals surface area contributed by atoms with Crippen LogP contribution in [0.4, 0.5) is 10.1 Å². The maximum Gasteiger partial charge on any atom is 0.226 e. The molecule has 0 spiro atoms. The maximum absolute atomic E-state index is 14.4. The zero-order valence-corrected chi connectivity index (χ0v) is 17.2. The van der Waals surface area contributed by atoms with Gasteiger partial charge in [-0.2, -0.15) is 0 Å². The highest BCUT2D eigenvalue weighted by atomic mass is 19.1. The minimum atomic E-state index is -0.321. The van der Waals surface area contributed by atoms with Gasteiger partial charge in [-0.1, -0.05) is 49.4 Å². The van der Waals surface area contributed by atoms with E-state index in [0.29, 0.717) is 18.7 Å². The molecule has 0 N–H and O–H groups in total. The summed E-state index contributed by atoms with van der Waals surface area (Å²) in [5.74, 6) is -0.332. The normalized spacial score (nSPS) is 19.1. The lowest BCUT2D eigenvalue weighted by atomic mass is 10.1. The fraction of sp³-hybridized carbons (Fsp3) is 0.458. The van der Waals surface area contributed by atoms with E-state index in [2.05, 4.69) is 40.1 Å². The highest BCUT2D eigenvalue weighted by Crippen LogP contribution is 2.44. The summed E-state index contributed by atoms with van der Waals surface area (Å²) in [5.41, 5.74) is 1.76.